The van der Waals surface area contributed by atoms with Crippen LogP contribution >= 0.6 is 11.7 Å². The van der Waals surface area contributed by atoms with Crippen molar-refractivity contribution in [2.75, 3.05) is 21.3 Å². The monoisotopic (exact) mass is 507 g/mol. The van der Waals surface area contributed by atoms with Crippen molar-refractivity contribution in [2.24, 2.45) is 0 Å². The number of ether oxygens (including phenoxy) is 4. The summed E-state index contributed by atoms with van der Waals surface area (Å²) in [5.74, 6) is 1.27. The molecule has 0 atom stereocenters. The number of phenolic OH excluding ortho intramolecular Hbond substituents is 1. The van der Waals surface area contributed by atoms with Crippen molar-refractivity contribution in [3.8, 4) is 40.0 Å². The molecule has 0 amide bonds. The number of hydrogen-bond acceptors (Lipinski definition) is 9. The summed E-state index contributed by atoms with van der Waals surface area (Å²) in [4.78, 5) is 11.8. The van der Waals surface area contributed by atoms with Crippen molar-refractivity contribution in [3.05, 3.63) is 54.1 Å². The summed E-state index contributed by atoms with van der Waals surface area (Å²) < 4.78 is 31.8. The predicted octanol–water partition coefficient (Wildman–Crippen LogP) is 5.15. The third-order valence-electron chi connectivity index (χ3n) is 5.84. The minimum atomic E-state index is -1.49. The van der Waals surface area contributed by atoms with Gasteiger partial charge in [0.15, 0.2) is 11.5 Å². The molecule has 2 aromatic heterocycles. The Labute approximate surface area is 209 Å². The summed E-state index contributed by atoms with van der Waals surface area (Å²) in [6.07, 6.45) is -1.49. The van der Waals surface area contributed by atoms with Gasteiger partial charge in [0.1, 0.15) is 22.5 Å². The third kappa shape index (κ3) is 3.99. The minimum Gasteiger partial charge on any atom is -0.507 e. The number of aromatic hydroxyl groups is 1. The van der Waals surface area contributed by atoms with E-state index in [9.17, 15) is 15.0 Å². The molecule has 0 unspecified atom stereocenters. The largest absolute Gasteiger partial charge is 0.512 e. The van der Waals surface area contributed by atoms with Gasteiger partial charge in [-0.1, -0.05) is 6.07 Å². The van der Waals surface area contributed by atoms with Gasteiger partial charge in [0.2, 0.25) is 5.88 Å². The number of carboxylic acid groups (broad SMARTS) is 1. The van der Waals surface area contributed by atoms with Crippen molar-refractivity contribution in [3.63, 3.8) is 0 Å². The second-order valence-corrected chi connectivity index (χ2v) is 8.36. The van der Waals surface area contributed by atoms with Gasteiger partial charge in [-0.15, -0.1) is 0 Å². The van der Waals surface area contributed by atoms with Crippen LogP contribution in [0, 0.1) is 0 Å². The molecular weight excluding hydrogens is 486 g/mol. The van der Waals surface area contributed by atoms with Crippen LogP contribution < -0.4 is 18.9 Å². The number of rotatable bonds is 7. The van der Waals surface area contributed by atoms with Crippen LogP contribution in [0.2, 0.25) is 0 Å². The van der Waals surface area contributed by atoms with E-state index in [2.05, 4.69) is 8.75 Å². The normalized spacial score (nSPS) is 11.1. The highest BCUT2D eigenvalue weighted by molar-refractivity contribution is 7.00. The van der Waals surface area contributed by atoms with Crippen LogP contribution in [0.4, 0.5) is 4.79 Å². The standard InChI is InChI=1S/C25H21N3O7S/c1-32-14-5-6-15(20(29)9-14)23-16-10-21(33-2)22(34-3)11-19(16)28(24(23)35-25(30)31)12-13-4-7-17-18(8-13)27-36-26-17/h4-11,29H,12H2,1-3H3,(H,30,31). The van der Waals surface area contributed by atoms with Crippen molar-refractivity contribution >= 4 is 39.8 Å². The lowest BCUT2D eigenvalue weighted by Gasteiger charge is -2.12. The molecule has 0 fully saturated rings. The number of methoxy groups -OCH3 is 3. The van der Waals surface area contributed by atoms with Crippen LogP contribution in [-0.4, -0.2) is 51.0 Å². The smallest absolute Gasteiger partial charge is 0.507 e. The molecule has 0 bridgehead atoms. The fourth-order valence-electron chi connectivity index (χ4n) is 4.22. The van der Waals surface area contributed by atoms with E-state index >= 15 is 0 Å². The van der Waals surface area contributed by atoms with E-state index in [0.29, 0.717) is 39.3 Å². The average molecular weight is 508 g/mol. The molecule has 2 heterocycles. The molecule has 184 valence electrons. The lowest BCUT2D eigenvalue weighted by molar-refractivity contribution is 0.141. The van der Waals surface area contributed by atoms with Crippen LogP contribution in [0.3, 0.4) is 0 Å². The first-order valence-corrected chi connectivity index (χ1v) is 11.4. The lowest BCUT2D eigenvalue weighted by Crippen LogP contribution is -2.10. The van der Waals surface area contributed by atoms with Gasteiger partial charge in [-0.2, -0.15) is 8.75 Å². The molecular formula is C25H21N3O7S. The molecule has 0 aliphatic heterocycles. The highest BCUT2D eigenvalue weighted by atomic mass is 32.1. The topological polar surface area (TPSA) is 125 Å². The first-order valence-electron chi connectivity index (χ1n) is 10.7. The zero-order valence-electron chi connectivity index (χ0n) is 19.5. The van der Waals surface area contributed by atoms with Gasteiger partial charge in [-0.25, -0.2) is 4.79 Å². The van der Waals surface area contributed by atoms with Crippen LogP contribution in [0.1, 0.15) is 5.56 Å². The predicted molar refractivity (Wildman–Crippen MR) is 134 cm³/mol. The Hall–Kier alpha value is -4.51. The number of benzene rings is 3. The fourth-order valence-corrected chi connectivity index (χ4v) is 4.73. The number of hydrogen-bond donors (Lipinski definition) is 2. The maximum absolute atomic E-state index is 11.8. The van der Waals surface area contributed by atoms with Crippen molar-refractivity contribution in [1.29, 1.82) is 0 Å². The molecule has 11 heteroatoms. The Morgan fingerprint density at radius 2 is 1.69 bits per heavy atom. The minimum absolute atomic E-state index is 0.0322. The Morgan fingerprint density at radius 1 is 0.944 bits per heavy atom. The van der Waals surface area contributed by atoms with Crippen molar-refractivity contribution < 1.29 is 34.0 Å². The van der Waals surface area contributed by atoms with E-state index in [1.54, 1.807) is 28.8 Å². The molecule has 0 aliphatic carbocycles. The average Bonchev–Trinajstić information content (AvgIpc) is 3.45. The Bertz CT molecular complexity index is 1610. The maximum Gasteiger partial charge on any atom is 0.512 e. The molecule has 10 nitrogen and oxygen atoms in total. The van der Waals surface area contributed by atoms with Gasteiger partial charge < -0.3 is 33.7 Å². The van der Waals surface area contributed by atoms with Gasteiger partial charge in [0.25, 0.3) is 0 Å². The molecule has 0 radical (unpaired) electrons. The van der Waals surface area contributed by atoms with E-state index in [4.69, 9.17) is 18.9 Å². The Balaban J connectivity index is 1.82. The summed E-state index contributed by atoms with van der Waals surface area (Å²) in [6.45, 7) is 0.249. The van der Waals surface area contributed by atoms with Gasteiger partial charge in [0.05, 0.1) is 50.7 Å². The molecule has 0 spiro atoms. The van der Waals surface area contributed by atoms with Crippen LogP contribution in [-0.2, 0) is 6.54 Å². The van der Waals surface area contributed by atoms with E-state index in [1.165, 1.54) is 27.4 Å². The molecule has 0 saturated carbocycles. The molecule has 0 aliphatic rings. The lowest BCUT2D eigenvalue weighted by atomic mass is 10.0. The number of nitrogens with zero attached hydrogens (tertiary/aromatic N) is 3. The van der Waals surface area contributed by atoms with E-state index < -0.39 is 6.16 Å². The van der Waals surface area contributed by atoms with Gasteiger partial charge in [0, 0.05) is 23.1 Å². The molecule has 3 aromatic carbocycles. The molecule has 2 N–H and O–H groups in total. The van der Waals surface area contributed by atoms with Crippen LogP contribution in [0.25, 0.3) is 33.1 Å². The number of fused-ring (bicyclic) bond motifs is 2. The molecule has 5 rings (SSSR count). The highest BCUT2D eigenvalue weighted by Crippen LogP contribution is 2.47. The highest BCUT2D eigenvalue weighted by Gasteiger charge is 2.26. The first kappa shape index (κ1) is 23.2. The SMILES string of the molecule is COc1ccc(-c2c(OC(=O)O)n(Cc3ccc4nsnc4c3)c3cc(OC)c(OC)cc23)c(O)c1. The molecule has 36 heavy (non-hydrogen) atoms. The van der Waals surface area contributed by atoms with Crippen molar-refractivity contribution in [1.82, 2.24) is 13.3 Å². The summed E-state index contributed by atoms with van der Waals surface area (Å²) in [5, 5.41) is 21.1. The Morgan fingerprint density at radius 3 is 2.39 bits per heavy atom. The quantitative estimate of drug-likeness (QED) is 0.288. The van der Waals surface area contributed by atoms with Gasteiger partial charge in [-0.05, 0) is 35.9 Å². The van der Waals surface area contributed by atoms with Gasteiger partial charge >= 0.3 is 6.16 Å². The maximum atomic E-state index is 11.8. The first-order chi connectivity index (χ1) is 17.4. The molecule has 5 aromatic rings. The van der Waals surface area contributed by atoms with Crippen LogP contribution in [0.5, 0.6) is 28.9 Å². The number of aromatic nitrogens is 3. The zero-order valence-corrected chi connectivity index (χ0v) is 20.3. The third-order valence-corrected chi connectivity index (χ3v) is 6.39. The Kier molecular flexibility index (Phi) is 5.98. The zero-order chi connectivity index (χ0) is 25.4. The second-order valence-electron chi connectivity index (χ2n) is 7.83. The fraction of sp³-hybridized carbons (Fsp3) is 0.160. The summed E-state index contributed by atoms with van der Waals surface area (Å²) in [6, 6.07) is 13.9. The van der Waals surface area contributed by atoms with E-state index in [-0.39, 0.29) is 18.2 Å². The summed E-state index contributed by atoms with van der Waals surface area (Å²) in [5.41, 5.74) is 3.72. The van der Waals surface area contributed by atoms with Crippen molar-refractivity contribution in [2.45, 2.75) is 6.54 Å². The van der Waals surface area contributed by atoms with E-state index in [1.807, 2.05) is 18.2 Å². The summed E-state index contributed by atoms with van der Waals surface area (Å²) >= 11 is 1.12. The number of phenols is 1. The van der Waals surface area contributed by atoms with Crippen LogP contribution in [0.15, 0.2) is 48.5 Å². The summed E-state index contributed by atoms with van der Waals surface area (Å²) in [7, 11) is 4.52. The number of carbonyl (C=O) groups is 1. The second kappa shape index (κ2) is 9.27. The van der Waals surface area contributed by atoms with Gasteiger partial charge in [-0.3, -0.25) is 0 Å². The molecule has 0 saturated heterocycles. The van der Waals surface area contributed by atoms with E-state index in [0.717, 1.165) is 28.3 Å².